The van der Waals surface area contributed by atoms with Crippen molar-refractivity contribution in [2.75, 3.05) is 13.7 Å². The van der Waals surface area contributed by atoms with E-state index in [0.29, 0.717) is 17.7 Å². The van der Waals surface area contributed by atoms with Gasteiger partial charge in [0.1, 0.15) is 11.6 Å². The Balaban J connectivity index is 1.68. The van der Waals surface area contributed by atoms with E-state index in [1.807, 2.05) is 18.2 Å². The molecule has 0 unspecified atom stereocenters. The van der Waals surface area contributed by atoms with E-state index < -0.39 is 29.7 Å². The van der Waals surface area contributed by atoms with Crippen molar-refractivity contribution >= 4 is 5.91 Å². The number of phenolic OH excluding ortho intramolecular Hbond substituents is 1. The lowest BCUT2D eigenvalue weighted by atomic mass is 10.00. The highest BCUT2D eigenvalue weighted by molar-refractivity contribution is 5.79. The lowest BCUT2D eigenvalue weighted by Crippen LogP contribution is -2.49. The number of ether oxygens (including phenoxy) is 1. The number of aryl methyl sites for hydroxylation is 1. The number of amides is 1. The number of phenols is 1. The van der Waals surface area contributed by atoms with Gasteiger partial charge in [-0.15, -0.1) is 0 Å². The number of benzene rings is 3. The number of carbonyl (C=O) groups excluding carboxylic acids is 1. The Morgan fingerprint density at radius 1 is 0.972 bits per heavy atom. The van der Waals surface area contributed by atoms with E-state index in [-0.39, 0.29) is 30.9 Å². The number of aliphatic hydroxyl groups is 1. The van der Waals surface area contributed by atoms with E-state index in [1.54, 1.807) is 12.1 Å². The maximum atomic E-state index is 13.7. The molecule has 0 heterocycles. The average molecular weight is 499 g/mol. The van der Waals surface area contributed by atoms with E-state index in [0.717, 1.165) is 18.1 Å². The van der Waals surface area contributed by atoms with Crippen molar-refractivity contribution in [3.63, 3.8) is 0 Å². The lowest BCUT2D eigenvalue weighted by Gasteiger charge is -2.25. The SMILES string of the molecule is CCc1cccc(CNC[C@@H](O)[C@H](Cc2cc(F)cc(F)c2)NC(=O)Cc2ccc(OC)c(O)c2)c1. The van der Waals surface area contributed by atoms with Gasteiger partial charge in [-0.3, -0.25) is 4.79 Å². The molecule has 3 rings (SSSR count). The molecule has 3 aromatic rings. The first-order valence-corrected chi connectivity index (χ1v) is 11.8. The second kappa shape index (κ2) is 13.0. The maximum absolute atomic E-state index is 13.7. The van der Waals surface area contributed by atoms with Gasteiger partial charge in [-0.05, 0) is 59.4 Å². The minimum Gasteiger partial charge on any atom is -0.504 e. The summed E-state index contributed by atoms with van der Waals surface area (Å²) in [5, 5.41) is 26.8. The maximum Gasteiger partial charge on any atom is 0.224 e. The molecule has 6 nitrogen and oxygen atoms in total. The number of rotatable bonds is 12. The predicted molar refractivity (Wildman–Crippen MR) is 134 cm³/mol. The fourth-order valence-electron chi connectivity index (χ4n) is 4.02. The normalized spacial score (nSPS) is 12.7. The van der Waals surface area contributed by atoms with Crippen LogP contribution in [0.25, 0.3) is 0 Å². The first-order valence-electron chi connectivity index (χ1n) is 11.8. The van der Waals surface area contributed by atoms with E-state index in [4.69, 9.17) is 4.74 Å². The molecule has 0 fully saturated rings. The Labute approximate surface area is 209 Å². The summed E-state index contributed by atoms with van der Waals surface area (Å²) in [6, 6.07) is 15.0. The number of aliphatic hydroxyl groups excluding tert-OH is 1. The molecule has 1 amide bonds. The fourth-order valence-corrected chi connectivity index (χ4v) is 4.02. The van der Waals surface area contributed by atoms with Gasteiger partial charge >= 0.3 is 0 Å². The molecule has 8 heteroatoms. The monoisotopic (exact) mass is 498 g/mol. The highest BCUT2D eigenvalue weighted by Gasteiger charge is 2.23. The standard InChI is InChI=1S/C28H32F2N2O4/c1-3-18-5-4-6-20(9-18)16-31-17-26(34)24(12-21-10-22(29)15-23(30)11-21)32-28(35)14-19-7-8-27(36-2)25(33)13-19/h4-11,13,15,24,26,31,33-34H,3,12,14,16-17H2,1-2H3,(H,32,35)/t24-,26+/m0/s1. The summed E-state index contributed by atoms with van der Waals surface area (Å²) < 4.78 is 32.5. The second-order valence-electron chi connectivity index (χ2n) is 8.71. The predicted octanol–water partition coefficient (Wildman–Crippen LogP) is 3.66. The van der Waals surface area contributed by atoms with Crippen molar-refractivity contribution in [2.24, 2.45) is 0 Å². The van der Waals surface area contributed by atoms with Gasteiger partial charge in [-0.2, -0.15) is 0 Å². The first-order chi connectivity index (χ1) is 17.3. The molecule has 0 spiro atoms. The summed E-state index contributed by atoms with van der Waals surface area (Å²) in [4.78, 5) is 12.8. The van der Waals surface area contributed by atoms with Gasteiger partial charge in [0.15, 0.2) is 11.5 Å². The molecule has 0 aliphatic rings. The van der Waals surface area contributed by atoms with Crippen LogP contribution in [0.5, 0.6) is 11.5 Å². The van der Waals surface area contributed by atoms with Crippen LogP contribution in [0.15, 0.2) is 60.7 Å². The van der Waals surface area contributed by atoms with Crippen LogP contribution >= 0.6 is 0 Å². The highest BCUT2D eigenvalue weighted by atomic mass is 19.1. The molecule has 4 N–H and O–H groups in total. The summed E-state index contributed by atoms with van der Waals surface area (Å²) >= 11 is 0. The average Bonchev–Trinajstić information content (AvgIpc) is 2.83. The van der Waals surface area contributed by atoms with E-state index in [1.165, 1.54) is 30.9 Å². The van der Waals surface area contributed by atoms with Gasteiger partial charge in [0, 0.05) is 19.2 Å². The van der Waals surface area contributed by atoms with Gasteiger partial charge < -0.3 is 25.6 Å². The molecule has 2 atom stereocenters. The number of aromatic hydroxyl groups is 1. The molecule has 3 aromatic carbocycles. The third kappa shape index (κ3) is 8.03. The molecule has 36 heavy (non-hydrogen) atoms. The van der Waals surface area contributed by atoms with Crippen molar-refractivity contribution in [3.05, 3.63) is 94.6 Å². The van der Waals surface area contributed by atoms with Crippen molar-refractivity contribution in [2.45, 2.75) is 44.9 Å². The highest BCUT2D eigenvalue weighted by Crippen LogP contribution is 2.26. The van der Waals surface area contributed by atoms with E-state index in [9.17, 15) is 23.8 Å². The zero-order valence-corrected chi connectivity index (χ0v) is 20.4. The van der Waals surface area contributed by atoms with E-state index >= 15 is 0 Å². The zero-order valence-electron chi connectivity index (χ0n) is 20.4. The van der Waals surface area contributed by atoms with Gasteiger partial charge in [0.25, 0.3) is 0 Å². The van der Waals surface area contributed by atoms with Crippen molar-refractivity contribution in [3.8, 4) is 11.5 Å². The van der Waals surface area contributed by atoms with Crippen molar-refractivity contribution in [1.82, 2.24) is 10.6 Å². The molecule has 192 valence electrons. The minimum absolute atomic E-state index is 0.0302. The van der Waals surface area contributed by atoms with Gasteiger partial charge in [0.2, 0.25) is 5.91 Å². The number of hydrogen-bond acceptors (Lipinski definition) is 5. The molecule has 0 saturated carbocycles. The van der Waals surface area contributed by atoms with Crippen LogP contribution in [-0.4, -0.2) is 41.9 Å². The number of nitrogens with one attached hydrogen (secondary N) is 2. The van der Waals surface area contributed by atoms with E-state index in [2.05, 4.69) is 23.6 Å². The largest absolute Gasteiger partial charge is 0.504 e. The van der Waals surface area contributed by atoms with Gasteiger partial charge in [-0.25, -0.2) is 8.78 Å². The Bertz CT molecular complexity index is 1150. The van der Waals surface area contributed by atoms with Gasteiger partial charge in [0.05, 0.1) is 25.7 Å². The molecule has 0 aliphatic carbocycles. The zero-order chi connectivity index (χ0) is 26.1. The minimum atomic E-state index is -1.03. The molecule has 0 aliphatic heterocycles. The molecular formula is C28H32F2N2O4. The molecule has 0 bridgehead atoms. The third-order valence-corrected chi connectivity index (χ3v) is 5.88. The van der Waals surface area contributed by atoms with Gasteiger partial charge in [-0.1, -0.05) is 37.3 Å². The van der Waals surface area contributed by atoms with Crippen molar-refractivity contribution < 1.29 is 28.5 Å². The van der Waals surface area contributed by atoms with Crippen LogP contribution in [0, 0.1) is 11.6 Å². The van der Waals surface area contributed by atoms with Crippen LogP contribution in [0.4, 0.5) is 8.78 Å². The Morgan fingerprint density at radius 2 is 1.69 bits per heavy atom. The number of halogens is 2. The second-order valence-corrected chi connectivity index (χ2v) is 8.71. The summed E-state index contributed by atoms with van der Waals surface area (Å²) in [5.41, 5.74) is 3.13. The topological polar surface area (TPSA) is 90.8 Å². The van der Waals surface area contributed by atoms with Crippen LogP contribution in [0.3, 0.4) is 0 Å². The van der Waals surface area contributed by atoms with Crippen LogP contribution in [-0.2, 0) is 30.6 Å². The molecular weight excluding hydrogens is 466 g/mol. The Morgan fingerprint density at radius 3 is 2.36 bits per heavy atom. The molecule has 0 aromatic heterocycles. The summed E-state index contributed by atoms with van der Waals surface area (Å²) in [7, 11) is 1.43. The Kier molecular flexibility index (Phi) is 9.78. The third-order valence-electron chi connectivity index (χ3n) is 5.88. The lowest BCUT2D eigenvalue weighted by molar-refractivity contribution is -0.122. The van der Waals surface area contributed by atoms with Crippen LogP contribution < -0.4 is 15.4 Å². The van der Waals surface area contributed by atoms with Crippen molar-refractivity contribution in [1.29, 1.82) is 0 Å². The fraction of sp³-hybridized carbons (Fsp3) is 0.321. The quantitative estimate of drug-likeness (QED) is 0.306. The summed E-state index contributed by atoms with van der Waals surface area (Å²) in [5.74, 6) is -1.67. The summed E-state index contributed by atoms with van der Waals surface area (Å²) in [6.45, 7) is 2.75. The molecule has 0 radical (unpaired) electrons. The number of hydrogen-bond donors (Lipinski definition) is 4. The van der Waals surface area contributed by atoms with Crippen LogP contribution in [0.2, 0.25) is 0 Å². The number of carbonyl (C=O) groups is 1. The smallest absolute Gasteiger partial charge is 0.224 e. The molecule has 0 saturated heterocycles. The summed E-state index contributed by atoms with van der Waals surface area (Å²) in [6.07, 6.45) is -0.141. The number of methoxy groups -OCH3 is 1. The Hall–Kier alpha value is -3.49. The van der Waals surface area contributed by atoms with Crippen LogP contribution in [0.1, 0.15) is 29.2 Å². The first kappa shape index (κ1) is 27.1.